The average molecular weight is 277 g/mol. The summed E-state index contributed by atoms with van der Waals surface area (Å²) in [5.41, 5.74) is 4.61. The van der Waals surface area contributed by atoms with Gasteiger partial charge in [0.05, 0.1) is 6.10 Å². The van der Waals surface area contributed by atoms with E-state index in [0.29, 0.717) is 0 Å². The Morgan fingerprint density at radius 3 is 2.79 bits per heavy atom. The predicted molar refractivity (Wildman–Crippen MR) is 79.8 cm³/mol. The number of H-pyrrole nitrogens is 1. The van der Waals surface area contributed by atoms with Gasteiger partial charge in [-0.25, -0.2) is 0 Å². The van der Waals surface area contributed by atoms with E-state index in [4.69, 9.17) is 0 Å². The van der Waals surface area contributed by atoms with Crippen LogP contribution in [0, 0.1) is 0 Å². The molecular formula is C15H19NO2S. The number of hydrogen-bond acceptors (Lipinski definition) is 3. The molecule has 102 valence electrons. The SMILES string of the molecule is OC(CS)C(O)c1ccc2[nH]c3c(c2c1)CCCC3. The third kappa shape index (κ3) is 2.29. The molecule has 3 N–H and O–H groups in total. The number of benzene rings is 1. The van der Waals surface area contributed by atoms with Crippen LogP contribution in [0.5, 0.6) is 0 Å². The maximum absolute atomic E-state index is 10.1. The first-order valence-corrected chi connectivity index (χ1v) is 7.44. The first-order chi connectivity index (χ1) is 9.20. The zero-order valence-corrected chi connectivity index (χ0v) is 11.7. The number of nitrogens with one attached hydrogen (secondary N) is 1. The molecule has 2 aromatic rings. The Hall–Kier alpha value is -0.970. The van der Waals surface area contributed by atoms with E-state index < -0.39 is 12.2 Å². The summed E-state index contributed by atoms with van der Waals surface area (Å²) in [5, 5.41) is 21.0. The number of aliphatic hydroxyl groups excluding tert-OH is 2. The van der Waals surface area contributed by atoms with Gasteiger partial charge in [0.25, 0.3) is 0 Å². The Balaban J connectivity index is 2.04. The minimum atomic E-state index is -0.865. The van der Waals surface area contributed by atoms with E-state index in [2.05, 4.69) is 17.6 Å². The molecule has 1 heterocycles. The van der Waals surface area contributed by atoms with Crippen LogP contribution in [0.15, 0.2) is 18.2 Å². The molecule has 2 unspecified atom stereocenters. The molecule has 2 atom stereocenters. The lowest BCUT2D eigenvalue weighted by molar-refractivity contribution is 0.0338. The third-order valence-corrected chi connectivity index (χ3v) is 4.39. The van der Waals surface area contributed by atoms with Gasteiger partial charge in [-0.3, -0.25) is 0 Å². The summed E-state index contributed by atoms with van der Waals surface area (Å²) >= 11 is 4.03. The molecule has 0 saturated heterocycles. The van der Waals surface area contributed by atoms with Crippen LogP contribution < -0.4 is 0 Å². The number of hydrogen-bond donors (Lipinski definition) is 4. The Bertz CT molecular complexity index is 593. The average Bonchev–Trinajstić information content (AvgIpc) is 2.83. The van der Waals surface area contributed by atoms with Crippen molar-refractivity contribution in [2.24, 2.45) is 0 Å². The zero-order valence-electron chi connectivity index (χ0n) is 10.8. The van der Waals surface area contributed by atoms with Gasteiger partial charge < -0.3 is 15.2 Å². The monoisotopic (exact) mass is 277 g/mol. The van der Waals surface area contributed by atoms with Crippen LogP contribution in [-0.4, -0.2) is 27.1 Å². The summed E-state index contributed by atoms with van der Waals surface area (Å²) in [6.07, 6.45) is 3.00. The molecular weight excluding hydrogens is 258 g/mol. The third-order valence-electron chi connectivity index (χ3n) is 4.02. The van der Waals surface area contributed by atoms with Gasteiger partial charge in [-0.15, -0.1) is 0 Å². The lowest BCUT2D eigenvalue weighted by atomic mass is 9.94. The van der Waals surface area contributed by atoms with Crippen LogP contribution in [0.4, 0.5) is 0 Å². The van der Waals surface area contributed by atoms with Crippen molar-refractivity contribution in [1.29, 1.82) is 0 Å². The largest absolute Gasteiger partial charge is 0.389 e. The molecule has 0 amide bonds. The van der Waals surface area contributed by atoms with Crippen molar-refractivity contribution in [3.8, 4) is 0 Å². The number of thiol groups is 1. The van der Waals surface area contributed by atoms with E-state index in [1.54, 1.807) is 0 Å². The molecule has 1 aromatic carbocycles. The molecule has 4 heteroatoms. The fourth-order valence-electron chi connectivity index (χ4n) is 2.93. The number of rotatable bonds is 3. The maximum atomic E-state index is 10.1. The number of fused-ring (bicyclic) bond motifs is 3. The quantitative estimate of drug-likeness (QED) is 0.651. The summed E-state index contributed by atoms with van der Waals surface area (Å²) < 4.78 is 0. The number of aromatic amines is 1. The normalized spacial score (nSPS) is 18.3. The van der Waals surface area contributed by atoms with E-state index in [0.717, 1.165) is 23.9 Å². The van der Waals surface area contributed by atoms with Crippen LogP contribution in [0.1, 0.15) is 35.8 Å². The molecule has 0 fully saturated rings. The second-order valence-corrected chi connectivity index (χ2v) is 5.65. The van der Waals surface area contributed by atoms with Gasteiger partial charge in [0, 0.05) is 22.3 Å². The van der Waals surface area contributed by atoms with Crippen molar-refractivity contribution in [2.75, 3.05) is 5.75 Å². The minimum absolute atomic E-state index is 0.254. The molecule has 0 aliphatic heterocycles. The van der Waals surface area contributed by atoms with E-state index in [9.17, 15) is 10.2 Å². The minimum Gasteiger partial charge on any atom is -0.389 e. The fraction of sp³-hybridized carbons (Fsp3) is 0.467. The van der Waals surface area contributed by atoms with Crippen molar-refractivity contribution >= 4 is 23.5 Å². The summed E-state index contributed by atoms with van der Waals surface area (Å²) in [7, 11) is 0. The zero-order chi connectivity index (χ0) is 13.4. The molecule has 0 saturated carbocycles. The molecule has 1 aliphatic rings. The molecule has 3 rings (SSSR count). The summed E-state index contributed by atoms with van der Waals surface area (Å²) in [4.78, 5) is 3.47. The van der Waals surface area contributed by atoms with Gasteiger partial charge in [-0.05, 0) is 48.9 Å². The topological polar surface area (TPSA) is 56.2 Å². The first-order valence-electron chi connectivity index (χ1n) is 6.81. The van der Waals surface area contributed by atoms with E-state index >= 15 is 0 Å². The Morgan fingerprint density at radius 2 is 2.00 bits per heavy atom. The maximum Gasteiger partial charge on any atom is 0.106 e. The highest BCUT2D eigenvalue weighted by Crippen LogP contribution is 2.31. The standard InChI is InChI=1S/C15H19NO2S/c17-14(8-19)15(18)9-5-6-13-11(7-9)10-3-1-2-4-12(10)16-13/h5-7,14-19H,1-4,8H2. The fourth-order valence-corrected chi connectivity index (χ4v) is 3.13. The van der Waals surface area contributed by atoms with Crippen LogP contribution >= 0.6 is 12.6 Å². The van der Waals surface area contributed by atoms with E-state index in [1.807, 2.05) is 18.2 Å². The second kappa shape index (κ2) is 5.19. The van der Waals surface area contributed by atoms with Crippen molar-refractivity contribution in [3.63, 3.8) is 0 Å². The van der Waals surface area contributed by atoms with Gasteiger partial charge in [0.2, 0.25) is 0 Å². The molecule has 0 spiro atoms. The van der Waals surface area contributed by atoms with Crippen molar-refractivity contribution in [2.45, 2.75) is 37.9 Å². The molecule has 19 heavy (non-hydrogen) atoms. The van der Waals surface area contributed by atoms with Gasteiger partial charge >= 0.3 is 0 Å². The molecule has 0 bridgehead atoms. The van der Waals surface area contributed by atoms with Crippen LogP contribution in [-0.2, 0) is 12.8 Å². The Labute approximate surface area is 118 Å². The number of aryl methyl sites for hydroxylation is 2. The molecule has 0 radical (unpaired) electrons. The van der Waals surface area contributed by atoms with Gasteiger partial charge in [-0.2, -0.15) is 12.6 Å². The first kappa shape index (κ1) is 13.0. The van der Waals surface area contributed by atoms with Gasteiger partial charge in [-0.1, -0.05) is 6.07 Å². The van der Waals surface area contributed by atoms with Gasteiger partial charge in [0.15, 0.2) is 0 Å². The Morgan fingerprint density at radius 1 is 1.21 bits per heavy atom. The lowest BCUT2D eigenvalue weighted by Crippen LogP contribution is -2.19. The van der Waals surface area contributed by atoms with E-state index in [-0.39, 0.29) is 5.75 Å². The predicted octanol–water partition coefficient (Wildman–Crippen LogP) is 2.37. The van der Waals surface area contributed by atoms with Crippen LogP contribution in [0.25, 0.3) is 10.9 Å². The molecule has 1 aliphatic carbocycles. The van der Waals surface area contributed by atoms with Crippen molar-refractivity contribution < 1.29 is 10.2 Å². The number of aliphatic hydroxyl groups is 2. The van der Waals surface area contributed by atoms with Crippen molar-refractivity contribution in [3.05, 3.63) is 35.0 Å². The smallest absolute Gasteiger partial charge is 0.106 e. The second-order valence-electron chi connectivity index (χ2n) is 5.29. The van der Waals surface area contributed by atoms with Crippen LogP contribution in [0.3, 0.4) is 0 Å². The van der Waals surface area contributed by atoms with E-state index in [1.165, 1.54) is 29.5 Å². The van der Waals surface area contributed by atoms with Gasteiger partial charge in [0.1, 0.15) is 6.10 Å². The lowest BCUT2D eigenvalue weighted by Gasteiger charge is -2.16. The summed E-state index contributed by atoms with van der Waals surface area (Å²) in [6.45, 7) is 0. The Kier molecular flexibility index (Phi) is 3.56. The summed E-state index contributed by atoms with van der Waals surface area (Å²) in [5.74, 6) is 0.254. The molecule has 1 aromatic heterocycles. The summed E-state index contributed by atoms with van der Waals surface area (Å²) in [6, 6.07) is 5.88. The number of aromatic nitrogens is 1. The van der Waals surface area contributed by atoms with Crippen molar-refractivity contribution in [1.82, 2.24) is 4.98 Å². The van der Waals surface area contributed by atoms with Crippen LogP contribution in [0.2, 0.25) is 0 Å². The highest BCUT2D eigenvalue weighted by atomic mass is 32.1. The highest BCUT2D eigenvalue weighted by Gasteiger charge is 2.20. The molecule has 3 nitrogen and oxygen atoms in total. The highest BCUT2D eigenvalue weighted by molar-refractivity contribution is 7.80.